The van der Waals surface area contributed by atoms with Crippen LogP contribution >= 0.6 is 11.6 Å². The van der Waals surface area contributed by atoms with E-state index in [0.717, 1.165) is 5.56 Å². The summed E-state index contributed by atoms with van der Waals surface area (Å²) in [5.41, 5.74) is 2.38. The maximum atomic E-state index is 12.7. The number of aryl methyl sites for hydroxylation is 1. The van der Waals surface area contributed by atoms with E-state index in [1.165, 1.54) is 0 Å². The summed E-state index contributed by atoms with van der Waals surface area (Å²) in [5, 5.41) is 6.22. The van der Waals surface area contributed by atoms with Crippen molar-refractivity contribution in [3.63, 3.8) is 0 Å². The first-order chi connectivity index (χ1) is 15.0. The van der Waals surface area contributed by atoms with Crippen molar-refractivity contribution in [2.75, 3.05) is 24.9 Å². The highest BCUT2D eigenvalue weighted by Crippen LogP contribution is 2.28. The smallest absolute Gasteiger partial charge is 0.257 e. The summed E-state index contributed by atoms with van der Waals surface area (Å²) in [6, 6.07) is 19.2. The van der Waals surface area contributed by atoms with Crippen molar-refractivity contribution in [3.05, 3.63) is 82.9 Å². The number of nitrogens with one attached hydrogen (secondary N) is 2. The molecule has 31 heavy (non-hydrogen) atoms. The lowest BCUT2D eigenvalue weighted by Crippen LogP contribution is -2.18. The Morgan fingerprint density at radius 2 is 1.58 bits per heavy atom. The van der Waals surface area contributed by atoms with Crippen molar-refractivity contribution >= 4 is 34.8 Å². The fraction of sp³-hybridized carbons (Fsp3) is 0.167. The van der Waals surface area contributed by atoms with E-state index in [4.69, 9.17) is 21.1 Å². The van der Waals surface area contributed by atoms with Crippen molar-refractivity contribution in [1.82, 2.24) is 0 Å². The second-order valence-corrected chi connectivity index (χ2v) is 7.18. The summed E-state index contributed by atoms with van der Waals surface area (Å²) >= 11 is 5.88. The van der Waals surface area contributed by atoms with E-state index in [-0.39, 0.29) is 18.2 Å². The lowest BCUT2D eigenvalue weighted by molar-refractivity contribution is -0.116. The number of hydrogen-bond acceptors (Lipinski definition) is 4. The number of benzene rings is 3. The van der Waals surface area contributed by atoms with Crippen LogP contribution < -0.4 is 20.1 Å². The summed E-state index contributed by atoms with van der Waals surface area (Å²) in [6.45, 7) is 0. The number of hydrogen-bond donors (Lipinski definition) is 2. The topological polar surface area (TPSA) is 76.7 Å². The summed E-state index contributed by atoms with van der Waals surface area (Å²) < 4.78 is 10.5. The molecular formula is C24H23ClN2O4. The number of rotatable bonds is 8. The van der Waals surface area contributed by atoms with E-state index in [0.29, 0.717) is 39.9 Å². The lowest BCUT2D eigenvalue weighted by Gasteiger charge is -2.12. The van der Waals surface area contributed by atoms with Gasteiger partial charge in [0.2, 0.25) is 5.91 Å². The Hall–Kier alpha value is -3.51. The summed E-state index contributed by atoms with van der Waals surface area (Å²) in [7, 11) is 3.14. The van der Waals surface area contributed by atoms with E-state index in [2.05, 4.69) is 10.6 Å². The Balaban J connectivity index is 1.64. The molecule has 0 fully saturated rings. The minimum absolute atomic E-state index is 0.193. The molecule has 160 valence electrons. The second-order valence-electron chi connectivity index (χ2n) is 6.74. The van der Waals surface area contributed by atoms with Crippen LogP contribution in [0.25, 0.3) is 0 Å². The number of ether oxygens (including phenoxy) is 2. The monoisotopic (exact) mass is 438 g/mol. The third-order valence-electron chi connectivity index (χ3n) is 4.64. The molecule has 3 aromatic carbocycles. The van der Waals surface area contributed by atoms with Crippen LogP contribution in [0.5, 0.6) is 11.5 Å². The third kappa shape index (κ3) is 5.99. The molecule has 0 heterocycles. The molecule has 3 rings (SSSR count). The number of anilines is 2. The van der Waals surface area contributed by atoms with E-state index < -0.39 is 0 Å². The van der Waals surface area contributed by atoms with Crippen molar-refractivity contribution in [2.45, 2.75) is 12.8 Å². The molecule has 6 nitrogen and oxygen atoms in total. The number of carbonyl (C=O) groups excluding carboxylic acids is 2. The summed E-state index contributed by atoms with van der Waals surface area (Å²) in [5.74, 6) is 0.737. The van der Waals surface area contributed by atoms with Crippen molar-refractivity contribution in [2.24, 2.45) is 0 Å². The molecule has 0 radical (unpaired) electrons. The first kappa shape index (κ1) is 22.2. The van der Waals surface area contributed by atoms with E-state index >= 15 is 0 Å². The van der Waals surface area contributed by atoms with Gasteiger partial charge in [-0.3, -0.25) is 9.59 Å². The van der Waals surface area contributed by atoms with Crippen LogP contribution in [-0.2, 0) is 11.2 Å². The zero-order chi connectivity index (χ0) is 22.2. The molecule has 2 N–H and O–H groups in total. The normalized spacial score (nSPS) is 10.3. The maximum Gasteiger partial charge on any atom is 0.257 e. The standard InChI is InChI=1S/C24H23ClN2O4/c1-30-21-13-7-16(15-22(21)31-2)8-14-23(28)27-20-6-4-3-5-19(20)24(29)26-18-11-9-17(25)10-12-18/h3-7,9-13,15H,8,14H2,1-2H3,(H,26,29)(H,27,28). The molecule has 7 heteroatoms. The number of carbonyl (C=O) groups is 2. The average molecular weight is 439 g/mol. The van der Waals surface area contributed by atoms with Gasteiger partial charge < -0.3 is 20.1 Å². The minimum Gasteiger partial charge on any atom is -0.493 e. The minimum atomic E-state index is -0.321. The predicted octanol–water partition coefficient (Wildman–Crippen LogP) is 5.18. The van der Waals surface area contributed by atoms with Crippen LogP contribution in [0, 0.1) is 0 Å². The maximum absolute atomic E-state index is 12.7. The largest absolute Gasteiger partial charge is 0.493 e. The fourth-order valence-corrected chi connectivity index (χ4v) is 3.15. The van der Waals surface area contributed by atoms with Crippen LogP contribution in [0.1, 0.15) is 22.3 Å². The van der Waals surface area contributed by atoms with Crippen molar-refractivity contribution in [3.8, 4) is 11.5 Å². The SMILES string of the molecule is COc1ccc(CCC(=O)Nc2ccccc2C(=O)Nc2ccc(Cl)cc2)cc1OC. The molecule has 0 spiro atoms. The molecule has 0 aromatic heterocycles. The van der Waals surface area contributed by atoms with E-state index in [1.807, 2.05) is 18.2 Å². The lowest BCUT2D eigenvalue weighted by atomic mass is 10.1. The molecule has 2 amide bonds. The molecule has 0 saturated carbocycles. The number of para-hydroxylation sites is 1. The number of methoxy groups -OCH3 is 2. The van der Waals surface area contributed by atoms with Crippen LogP contribution in [0.4, 0.5) is 11.4 Å². The number of halogens is 1. The van der Waals surface area contributed by atoms with Gasteiger partial charge in [-0.25, -0.2) is 0 Å². The van der Waals surface area contributed by atoms with Gasteiger partial charge in [0.05, 0.1) is 25.5 Å². The summed E-state index contributed by atoms with van der Waals surface area (Å²) in [4.78, 5) is 25.2. The van der Waals surface area contributed by atoms with Crippen LogP contribution in [0.3, 0.4) is 0 Å². The van der Waals surface area contributed by atoms with Gasteiger partial charge in [-0.15, -0.1) is 0 Å². The van der Waals surface area contributed by atoms with Gasteiger partial charge in [0.15, 0.2) is 11.5 Å². The van der Waals surface area contributed by atoms with Crippen LogP contribution in [0.2, 0.25) is 5.02 Å². The van der Waals surface area contributed by atoms with Crippen LogP contribution in [-0.4, -0.2) is 26.0 Å². The Labute approximate surface area is 186 Å². The van der Waals surface area contributed by atoms with Gasteiger partial charge >= 0.3 is 0 Å². The first-order valence-corrected chi connectivity index (χ1v) is 10.0. The Kier molecular flexibility index (Phi) is 7.51. The highest BCUT2D eigenvalue weighted by molar-refractivity contribution is 6.30. The van der Waals surface area contributed by atoms with E-state index in [9.17, 15) is 9.59 Å². The van der Waals surface area contributed by atoms with Crippen LogP contribution in [0.15, 0.2) is 66.7 Å². The van der Waals surface area contributed by atoms with Crippen molar-refractivity contribution in [1.29, 1.82) is 0 Å². The zero-order valence-corrected chi connectivity index (χ0v) is 18.0. The highest BCUT2D eigenvalue weighted by Gasteiger charge is 2.14. The van der Waals surface area contributed by atoms with Gasteiger partial charge in [0, 0.05) is 17.1 Å². The third-order valence-corrected chi connectivity index (χ3v) is 4.89. The Morgan fingerprint density at radius 3 is 2.29 bits per heavy atom. The van der Waals surface area contributed by atoms with Crippen molar-refractivity contribution < 1.29 is 19.1 Å². The molecule has 3 aromatic rings. The Bertz CT molecular complexity index is 1070. The van der Waals surface area contributed by atoms with Gasteiger partial charge in [-0.05, 0) is 60.5 Å². The molecule has 0 aliphatic carbocycles. The summed E-state index contributed by atoms with van der Waals surface area (Å²) in [6.07, 6.45) is 0.772. The molecule has 0 aliphatic rings. The zero-order valence-electron chi connectivity index (χ0n) is 17.3. The highest BCUT2D eigenvalue weighted by atomic mass is 35.5. The second kappa shape index (κ2) is 10.5. The van der Waals surface area contributed by atoms with Gasteiger partial charge in [0.1, 0.15) is 0 Å². The predicted molar refractivity (Wildman–Crippen MR) is 122 cm³/mol. The molecule has 0 aliphatic heterocycles. The fourth-order valence-electron chi connectivity index (χ4n) is 3.03. The molecule has 0 unspecified atom stereocenters. The number of amides is 2. The molecule has 0 saturated heterocycles. The van der Waals surface area contributed by atoms with Gasteiger partial charge in [0.25, 0.3) is 5.91 Å². The Morgan fingerprint density at radius 1 is 0.871 bits per heavy atom. The van der Waals surface area contributed by atoms with E-state index in [1.54, 1.807) is 62.8 Å². The quantitative estimate of drug-likeness (QED) is 0.508. The first-order valence-electron chi connectivity index (χ1n) is 9.67. The van der Waals surface area contributed by atoms with Gasteiger partial charge in [-0.2, -0.15) is 0 Å². The average Bonchev–Trinajstić information content (AvgIpc) is 2.79. The molecule has 0 bridgehead atoms. The molecular weight excluding hydrogens is 416 g/mol. The molecule has 0 atom stereocenters. The van der Waals surface area contributed by atoms with Gasteiger partial charge in [-0.1, -0.05) is 29.8 Å².